The molecule has 0 aliphatic carbocycles. The van der Waals surface area contributed by atoms with Crippen LogP contribution >= 0.6 is 27.3 Å². The molecule has 0 spiro atoms. The fourth-order valence-electron chi connectivity index (χ4n) is 3.98. The monoisotopic (exact) mass is 537 g/mol. The second kappa shape index (κ2) is 10.8. The minimum Gasteiger partial charge on any atom is -0.463 e. The zero-order valence-corrected chi connectivity index (χ0v) is 20.8. The number of rotatable bonds is 7. The van der Waals surface area contributed by atoms with E-state index in [1.807, 2.05) is 0 Å². The molecule has 2 aromatic rings. The number of halogens is 2. The Hall–Kier alpha value is -2.21. The first-order valence-electron chi connectivity index (χ1n) is 10.8. The van der Waals surface area contributed by atoms with Crippen LogP contribution in [0.2, 0.25) is 0 Å². The van der Waals surface area contributed by atoms with Crippen LogP contribution in [0.15, 0.2) is 44.4 Å². The van der Waals surface area contributed by atoms with Crippen molar-refractivity contribution in [3.05, 3.63) is 55.8 Å². The Kier molecular flexibility index (Phi) is 7.84. The molecule has 0 bridgehead atoms. The van der Waals surface area contributed by atoms with Gasteiger partial charge >= 0.3 is 5.97 Å². The third-order valence-corrected chi connectivity index (χ3v) is 7.01. The van der Waals surface area contributed by atoms with Crippen LogP contribution in [0.1, 0.15) is 36.9 Å². The number of aromatic nitrogens is 2. The van der Waals surface area contributed by atoms with Gasteiger partial charge in [0.05, 0.1) is 25.4 Å². The molecule has 33 heavy (non-hydrogen) atoms. The molecule has 0 radical (unpaired) electrons. The van der Waals surface area contributed by atoms with E-state index in [0.717, 1.165) is 13.0 Å². The predicted octanol–water partition coefficient (Wildman–Crippen LogP) is 3.46. The topological polar surface area (TPSA) is 88.9 Å². The average Bonchev–Trinajstić information content (AvgIpc) is 3.34. The third kappa shape index (κ3) is 5.32. The Labute approximate surface area is 204 Å². The van der Waals surface area contributed by atoms with Crippen LogP contribution in [-0.4, -0.2) is 65.9 Å². The van der Waals surface area contributed by atoms with E-state index in [-0.39, 0.29) is 18.5 Å². The van der Waals surface area contributed by atoms with Gasteiger partial charge in [-0.25, -0.2) is 9.18 Å². The molecule has 0 saturated carbocycles. The summed E-state index contributed by atoms with van der Waals surface area (Å²) in [4.78, 5) is 20.3. The van der Waals surface area contributed by atoms with E-state index in [1.165, 1.54) is 23.5 Å². The van der Waals surface area contributed by atoms with Gasteiger partial charge in [0.2, 0.25) is 0 Å². The van der Waals surface area contributed by atoms with Gasteiger partial charge in [0, 0.05) is 29.3 Å². The zero-order valence-electron chi connectivity index (χ0n) is 18.4. The minimum absolute atomic E-state index is 0.231. The lowest BCUT2D eigenvalue weighted by Crippen LogP contribution is -2.48. The molecule has 4 rings (SSSR count). The molecule has 8 nitrogen and oxygen atoms in total. The van der Waals surface area contributed by atoms with Crippen molar-refractivity contribution < 1.29 is 18.7 Å². The summed E-state index contributed by atoms with van der Waals surface area (Å²) in [5.41, 5.74) is 3.38. The SMILES string of the molecule is CCOC(=O)C1=C(CN2CCOCC2CC)NC(c2nncs2)=NC1c1ccc(F)cc1Br. The average molecular weight is 538 g/mol. The summed E-state index contributed by atoms with van der Waals surface area (Å²) in [6, 6.07) is 3.90. The third-order valence-electron chi connectivity index (χ3n) is 5.62. The lowest BCUT2D eigenvalue weighted by molar-refractivity contribution is -0.139. The largest absolute Gasteiger partial charge is 0.463 e. The second-order valence-corrected chi connectivity index (χ2v) is 9.32. The van der Waals surface area contributed by atoms with Gasteiger partial charge in [-0.15, -0.1) is 10.2 Å². The zero-order chi connectivity index (χ0) is 23.4. The summed E-state index contributed by atoms with van der Waals surface area (Å²) >= 11 is 4.80. The molecule has 1 N–H and O–H groups in total. The Balaban J connectivity index is 1.82. The second-order valence-electron chi connectivity index (χ2n) is 7.64. The quantitative estimate of drug-likeness (QED) is 0.541. The normalized spacial score (nSPS) is 21.5. The van der Waals surface area contributed by atoms with E-state index < -0.39 is 12.0 Å². The summed E-state index contributed by atoms with van der Waals surface area (Å²) in [6.45, 7) is 6.62. The van der Waals surface area contributed by atoms with E-state index in [1.54, 1.807) is 18.5 Å². The summed E-state index contributed by atoms with van der Waals surface area (Å²) in [6.07, 6.45) is 0.923. The molecule has 1 fully saturated rings. The molecule has 2 unspecified atom stereocenters. The number of carbonyl (C=O) groups excluding carboxylic acids is 1. The molecule has 1 aromatic carbocycles. The number of carbonyl (C=O) groups is 1. The number of ether oxygens (including phenoxy) is 2. The highest BCUT2D eigenvalue weighted by atomic mass is 79.9. The molecule has 3 heterocycles. The molecule has 11 heteroatoms. The van der Waals surface area contributed by atoms with Crippen LogP contribution in [0.3, 0.4) is 0 Å². The fourth-order valence-corrected chi connectivity index (χ4v) is 5.05. The number of morpholine rings is 1. The lowest BCUT2D eigenvalue weighted by atomic mass is 9.95. The number of nitrogens with one attached hydrogen (secondary N) is 1. The van der Waals surface area contributed by atoms with Crippen LogP contribution in [-0.2, 0) is 14.3 Å². The molecule has 0 amide bonds. The number of nitrogens with zero attached hydrogens (tertiary/aromatic N) is 4. The van der Waals surface area contributed by atoms with Gasteiger partial charge < -0.3 is 14.8 Å². The van der Waals surface area contributed by atoms with Gasteiger partial charge in [-0.1, -0.05) is 40.3 Å². The van der Waals surface area contributed by atoms with Gasteiger partial charge in [0.1, 0.15) is 17.4 Å². The first-order valence-corrected chi connectivity index (χ1v) is 12.5. The summed E-state index contributed by atoms with van der Waals surface area (Å²) in [5, 5.41) is 12.0. The number of aliphatic imine (C=N–C) groups is 1. The van der Waals surface area contributed by atoms with Gasteiger partial charge in [-0.3, -0.25) is 9.89 Å². The minimum atomic E-state index is -0.699. The van der Waals surface area contributed by atoms with Gasteiger partial charge in [0.25, 0.3) is 0 Å². The van der Waals surface area contributed by atoms with Crippen LogP contribution < -0.4 is 5.32 Å². The first kappa shape index (κ1) is 23.9. The van der Waals surface area contributed by atoms with Crippen LogP contribution in [0.25, 0.3) is 0 Å². The maximum absolute atomic E-state index is 13.8. The molecule has 2 atom stereocenters. The Morgan fingerprint density at radius 1 is 1.42 bits per heavy atom. The Morgan fingerprint density at radius 2 is 2.27 bits per heavy atom. The van der Waals surface area contributed by atoms with E-state index in [2.05, 4.69) is 43.3 Å². The molecule has 1 aromatic heterocycles. The number of benzene rings is 1. The van der Waals surface area contributed by atoms with Crippen LogP contribution in [0, 0.1) is 5.82 Å². The summed E-state index contributed by atoms with van der Waals surface area (Å²) in [5.74, 6) is -0.320. The van der Waals surface area contributed by atoms with Crippen LogP contribution in [0.4, 0.5) is 4.39 Å². The number of amidine groups is 1. The highest BCUT2D eigenvalue weighted by Crippen LogP contribution is 2.37. The van der Waals surface area contributed by atoms with Gasteiger partial charge in [-0.2, -0.15) is 0 Å². The maximum atomic E-state index is 13.8. The van der Waals surface area contributed by atoms with Gasteiger partial charge in [0.15, 0.2) is 10.8 Å². The summed E-state index contributed by atoms with van der Waals surface area (Å²) in [7, 11) is 0. The van der Waals surface area contributed by atoms with Crippen molar-refractivity contribution in [3.63, 3.8) is 0 Å². The van der Waals surface area contributed by atoms with Crippen molar-refractivity contribution in [2.24, 2.45) is 4.99 Å². The predicted molar refractivity (Wildman–Crippen MR) is 127 cm³/mol. The van der Waals surface area contributed by atoms with Crippen molar-refractivity contribution in [1.82, 2.24) is 20.4 Å². The number of hydrogen-bond donors (Lipinski definition) is 1. The highest BCUT2D eigenvalue weighted by molar-refractivity contribution is 9.10. The molecule has 2 aliphatic heterocycles. The molecule has 1 saturated heterocycles. The van der Waals surface area contributed by atoms with E-state index >= 15 is 0 Å². The smallest absolute Gasteiger partial charge is 0.338 e. The van der Waals surface area contributed by atoms with Gasteiger partial charge in [-0.05, 0) is 31.0 Å². The summed E-state index contributed by atoms with van der Waals surface area (Å²) < 4.78 is 25.4. The van der Waals surface area contributed by atoms with Crippen molar-refractivity contribution in [2.75, 3.05) is 32.9 Å². The Bertz CT molecular complexity index is 1060. The van der Waals surface area contributed by atoms with Crippen molar-refractivity contribution >= 4 is 39.1 Å². The van der Waals surface area contributed by atoms with E-state index in [4.69, 9.17) is 14.5 Å². The highest BCUT2D eigenvalue weighted by Gasteiger charge is 2.35. The molecule has 2 aliphatic rings. The molecular weight excluding hydrogens is 513 g/mol. The fraction of sp³-hybridized carbons (Fsp3) is 0.455. The Morgan fingerprint density at radius 3 is 2.97 bits per heavy atom. The molecular formula is C22H25BrFN5O3S. The van der Waals surface area contributed by atoms with Crippen LogP contribution in [0.5, 0.6) is 0 Å². The maximum Gasteiger partial charge on any atom is 0.338 e. The lowest BCUT2D eigenvalue weighted by Gasteiger charge is -2.37. The number of hydrogen-bond acceptors (Lipinski definition) is 9. The first-order chi connectivity index (χ1) is 16.0. The number of esters is 1. The van der Waals surface area contributed by atoms with Crippen molar-refractivity contribution in [3.8, 4) is 0 Å². The van der Waals surface area contributed by atoms with Crippen molar-refractivity contribution in [2.45, 2.75) is 32.4 Å². The standard InChI is InChI=1S/C22H25BrFN5O3S/c1-3-14-11-31-8-7-29(14)10-17-18(22(30)32-4-2)19(15-6-5-13(24)9-16(15)23)27-20(26-17)21-28-25-12-33-21/h5-6,9,12,14,19H,3-4,7-8,10-11H2,1-2H3,(H,26,27). The van der Waals surface area contributed by atoms with E-state index in [0.29, 0.717) is 51.9 Å². The molecule has 176 valence electrons. The van der Waals surface area contributed by atoms with E-state index in [9.17, 15) is 9.18 Å². The van der Waals surface area contributed by atoms with Crippen molar-refractivity contribution in [1.29, 1.82) is 0 Å².